The first-order valence-electron chi connectivity index (χ1n) is 13.2. The summed E-state index contributed by atoms with van der Waals surface area (Å²) in [6.07, 6.45) is 5.02. The highest BCUT2D eigenvalue weighted by molar-refractivity contribution is 7.92. The Hall–Kier alpha value is -3.43. The maximum atomic E-state index is 14.0. The third-order valence-electron chi connectivity index (χ3n) is 7.01. The van der Waals surface area contributed by atoms with Gasteiger partial charge in [-0.25, -0.2) is 12.8 Å². The molecule has 1 aliphatic carbocycles. The quantitative estimate of drug-likeness (QED) is 0.345. The number of sulfonamides is 1. The molecule has 1 fully saturated rings. The van der Waals surface area contributed by atoms with Gasteiger partial charge in [-0.15, -0.1) is 0 Å². The zero-order chi connectivity index (χ0) is 28.7. The van der Waals surface area contributed by atoms with Crippen molar-refractivity contribution in [2.75, 3.05) is 17.1 Å². The van der Waals surface area contributed by atoms with Gasteiger partial charge in [0.2, 0.25) is 21.8 Å². The van der Waals surface area contributed by atoms with Crippen molar-refractivity contribution < 1.29 is 22.4 Å². The van der Waals surface area contributed by atoms with Crippen molar-refractivity contribution in [2.45, 2.75) is 50.7 Å². The fourth-order valence-electron chi connectivity index (χ4n) is 4.95. The third kappa shape index (κ3) is 8.05. The van der Waals surface area contributed by atoms with Crippen LogP contribution in [0.5, 0.6) is 0 Å². The predicted octanol–water partition coefficient (Wildman–Crippen LogP) is 4.94. The summed E-state index contributed by atoms with van der Waals surface area (Å²) < 4.78 is 40.3. The van der Waals surface area contributed by atoms with Crippen LogP contribution in [0.4, 0.5) is 10.1 Å². The van der Waals surface area contributed by atoms with E-state index < -0.39 is 34.3 Å². The van der Waals surface area contributed by atoms with Gasteiger partial charge in [-0.05, 0) is 54.3 Å². The van der Waals surface area contributed by atoms with Gasteiger partial charge < -0.3 is 10.2 Å². The van der Waals surface area contributed by atoms with Crippen LogP contribution in [0.3, 0.4) is 0 Å². The van der Waals surface area contributed by atoms with Crippen molar-refractivity contribution >= 4 is 39.1 Å². The summed E-state index contributed by atoms with van der Waals surface area (Å²) in [5.74, 6) is -1.30. The van der Waals surface area contributed by atoms with Crippen LogP contribution < -0.4 is 9.62 Å². The first-order valence-corrected chi connectivity index (χ1v) is 15.4. The number of amides is 2. The van der Waals surface area contributed by atoms with Crippen LogP contribution in [-0.4, -0.2) is 50.0 Å². The van der Waals surface area contributed by atoms with Crippen molar-refractivity contribution in [2.24, 2.45) is 0 Å². The summed E-state index contributed by atoms with van der Waals surface area (Å²) in [5.41, 5.74) is 1.69. The van der Waals surface area contributed by atoms with Crippen molar-refractivity contribution in [1.29, 1.82) is 0 Å². The molecule has 2 amide bonds. The van der Waals surface area contributed by atoms with Crippen molar-refractivity contribution in [3.63, 3.8) is 0 Å². The van der Waals surface area contributed by atoms with E-state index in [1.54, 1.807) is 30.3 Å². The Morgan fingerprint density at radius 2 is 1.65 bits per heavy atom. The molecule has 40 heavy (non-hydrogen) atoms. The minimum Gasteiger partial charge on any atom is -0.352 e. The van der Waals surface area contributed by atoms with Gasteiger partial charge >= 0.3 is 0 Å². The Morgan fingerprint density at radius 3 is 2.27 bits per heavy atom. The molecule has 0 bridgehead atoms. The minimum atomic E-state index is -3.89. The summed E-state index contributed by atoms with van der Waals surface area (Å²) in [6, 6.07) is 20.3. The molecule has 1 aliphatic rings. The Balaban J connectivity index is 1.72. The third-order valence-corrected chi connectivity index (χ3v) is 8.39. The summed E-state index contributed by atoms with van der Waals surface area (Å²) in [7, 11) is -3.89. The van der Waals surface area contributed by atoms with E-state index in [0.717, 1.165) is 41.8 Å². The number of hydrogen-bond donors (Lipinski definition) is 1. The summed E-state index contributed by atoms with van der Waals surface area (Å²) in [5, 5.41) is 3.43. The molecule has 3 aromatic carbocycles. The molecule has 0 radical (unpaired) electrons. The van der Waals surface area contributed by atoms with Crippen molar-refractivity contribution in [3.8, 4) is 0 Å². The maximum absolute atomic E-state index is 14.0. The fourth-order valence-corrected chi connectivity index (χ4v) is 5.98. The van der Waals surface area contributed by atoms with Gasteiger partial charge in [-0.1, -0.05) is 73.0 Å². The first-order chi connectivity index (χ1) is 19.1. The van der Waals surface area contributed by atoms with Gasteiger partial charge in [0.25, 0.3) is 0 Å². The van der Waals surface area contributed by atoms with Crippen LogP contribution in [0.15, 0.2) is 78.9 Å². The molecular weight excluding hydrogens is 553 g/mol. The Morgan fingerprint density at radius 1 is 0.975 bits per heavy atom. The van der Waals surface area contributed by atoms with Crippen LogP contribution in [-0.2, 0) is 32.6 Å². The lowest BCUT2D eigenvalue weighted by Gasteiger charge is -2.34. The van der Waals surface area contributed by atoms with E-state index >= 15 is 0 Å². The molecule has 0 heterocycles. The standard InChI is InChI=1S/C30H33ClFN3O4S/c1-40(38,39)35(27-13-7-10-24(31)19-27)21-29(36)34(20-23-14-16-25(32)17-15-23)28(18-22-8-3-2-4-9-22)30(37)33-26-11-5-6-12-26/h2-4,7-10,13-17,19,26,28H,5-6,11-12,18,20-21H2,1H3,(H,33,37)/t28-/m0/s1. The van der Waals surface area contributed by atoms with E-state index in [4.69, 9.17) is 11.6 Å². The lowest BCUT2D eigenvalue weighted by Crippen LogP contribution is -2.54. The number of halogens is 2. The average Bonchev–Trinajstić information content (AvgIpc) is 3.43. The normalized spacial score (nSPS) is 14.5. The smallest absolute Gasteiger partial charge is 0.244 e. The number of anilines is 1. The molecule has 0 unspecified atom stereocenters. The van der Waals surface area contributed by atoms with Gasteiger partial charge in [0.05, 0.1) is 11.9 Å². The van der Waals surface area contributed by atoms with E-state index in [2.05, 4.69) is 5.32 Å². The highest BCUT2D eigenvalue weighted by Gasteiger charge is 2.34. The summed E-state index contributed by atoms with van der Waals surface area (Å²) in [6.45, 7) is -0.551. The number of carbonyl (C=O) groups excluding carboxylic acids is 2. The molecule has 212 valence electrons. The zero-order valence-corrected chi connectivity index (χ0v) is 23.9. The SMILES string of the molecule is CS(=O)(=O)N(CC(=O)N(Cc1ccc(F)cc1)[C@@H](Cc1ccccc1)C(=O)NC1CCCC1)c1cccc(Cl)c1. The van der Waals surface area contributed by atoms with Crippen LogP contribution >= 0.6 is 11.6 Å². The highest BCUT2D eigenvalue weighted by atomic mass is 35.5. The second-order valence-electron chi connectivity index (χ2n) is 10.1. The van der Waals surface area contributed by atoms with E-state index in [9.17, 15) is 22.4 Å². The average molecular weight is 586 g/mol. The molecule has 0 aliphatic heterocycles. The maximum Gasteiger partial charge on any atom is 0.244 e. The lowest BCUT2D eigenvalue weighted by atomic mass is 10.0. The molecule has 4 rings (SSSR count). The van der Waals surface area contributed by atoms with Gasteiger partial charge in [0.1, 0.15) is 18.4 Å². The molecule has 3 aromatic rings. The number of hydrogen-bond acceptors (Lipinski definition) is 4. The molecular formula is C30H33ClFN3O4S. The van der Waals surface area contributed by atoms with E-state index in [0.29, 0.717) is 10.6 Å². The summed E-state index contributed by atoms with van der Waals surface area (Å²) >= 11 is 6.12. The van der Waals surface area contributed by atoms with E-state index in [1.807, 2.05) is 30.3 Å². The molecule has 10 heteroatoms. The van der Waals surface area contributed by atoms with Gasteiger partial charge in [0.15, 0.2) is 0 Å². The molecule has 0 saturated heterocycles. The molecule has 1 saturated carbocycles. The first kappa shape index (κ1) is 29.6. The van der Waals surface area contributed by atoms with Gasteiger partial charge in [0, 0.05) is 24.0 Å². The molecule has 1 atom stereocenters. The number of benzene rings is 3. The molecule has 0 spiro atoms. The summed E-state index contributed by atoms with van der Waals surface area (Å²) in [4.78, 5) is 29.2. The molecule has 7 nitrogen and oxygen atoms in total. The minimum absolute atomic E-state index is 0.0121. The zero-order valence-electron chi connectivity index (χ0n) is 22.3. The van der Waals surface area contributed by atoms with E-state index in [1.165, 1.54) is 23.1 Å². The van der Waals surface area contributed by atoms with Crippen LogP contribution in [0.2, 0.25) is 5.02 Å². The largest absolute Gasteiger partial charge is 0.352 e. The van der Waals surface area contributed by atoms with Crippen LogP contribution in [0.25, 0.3) is 0 Å². The van der Waals surface area contributed by atoms with E-state index in [-0.39, 0.29) is 30.6 Å². The van der Waals surface area contributed by atoms with Gasteiger partial charge in [-0.3, -0.25) is 13.9 Å². The Kier molecular flexibility index (Phi) is 9.81. The van der Waals surface area contributed by atoms with Crippen LogP contribution in [0.1, 0.15) is 36.8 Å². The monoisotopic (exact) mass is 585 g/mol. The lowest BCUT2D eigenvalue weighted by molar-refractivity contribution is -0.140. The number of carbonyl (C=O) groups is 2. The predicted molar refractivity (Wildman–Crippen MR) is 155 cm³/mol. The fraction of sp³-hybridized carbons (Fsp3) is 0.333. The number of nitrogens with one attached hydrogen (secondary N) is 1. The van der Waals surface area contributed by atoms with Crippen molar-refractivity contribution in [1.82, 2.24) is 10.2 Å². The number of nitrogens with zero attached hydrogens (tertiary/aromatic N) is 2. The molecule has 1 N–H and O–H groups in total. The topological polar surface area (TPSA) is 86.8 Å². The Bertz CT molecular complexity index is 1410. The number of rotatable bonds is 11. The van der Waals surface area contributed by atoms with Crippen LogP contribution in [0, 0.1) is 5.82 Å². The van der Waals surface area contributed by atoms with Gasteiger partial charge in [-0.2, -0.15) is 0 Å². The highest BCUT2D eigenvalue weighted by Crippen LogP contribution is 2.24. The van der Waals surface area contributed by atoms with Crippen molar-refractivity contribution in [3.05, 3.63) is 101 Å². The second-order valence-corrected chi connectivity index (χ2v) is 12.4. The second kappa shape index (κ2) is 13.3. The Labute approximate surface area is 240 Å². The molecule has 0 aromatic heterocycles.